The van der Waals surface area contributed by atoms with Gasteiger partial charge in [-0.3, -0.25) is 0 Å². The minimum Gasteiger partial charge on any atom is -0.475 e. The number of rotatable bonds is 9. The number of halogens is 1. The first-order valence-corrected chi connectivity index (χ1v) is 6.79. The number of aryl methyl sites for hydroxylation is 1. The van der Waals surface area contributed by atoms with Crippen molar-refractivity contribution in [3.8, 4) is 5.88 Å². The van der Waals surface area contributed by atoms with E-state index in [1.807, 2.05) is 13.8 Å². The molecule has 0 spiro atoms. The van der Waals surface area contributed by atoms with Crippen LogP contribution in [0.1, 0.15) is 24.7 Å². The smallest absolute Gasteiger partial charge is 0.221 e. The molecule has 1 aromatic rings. The molecule has 0 aliphatic heterocycles. The van der Waals surface area contributed by atoms with Crippen molar-refractivity contribution in [2.75, 3.05) is 33.5 Å². The summed E-state index contributed by atoms with van der Waals surface area (Å²) in [5.41, 5.74) is 0.762. The molecule has 0 bridgehead atoms. The van der Waals surface area contributed by atoms with Crippen LogP contribution in [0.25, 0.3) is 0 Å². The summed E-state index contributed by atoms with van der Waals surface area (Å²) in [6.45, 7) is 6.17. The van der Waals surface area contributed by atoms with Crippen molar-refractivity contribution < 1.29 is 14.2 Å². The van der Waals surface area contributed by atoms with Gasteiger partial charge in [0.1, 0.15) is 17.6 Å². The Morgan fingerprint density at radius 2 is 1.89 bits per heavy atom. The van der Waals surface area contributed by atoms with Crippen LogP contribution >= 0.6 is 11.6 Å². The maximum absolute atomic E-state index is 6.02. The number of hydrogen-bond acceptors (Lipinski definition) is 5. The van der Waals surface area contributed by atoms with Crippen LogP contribution in [-0.4, -0.2) is 43.5 Å². The Bertz CT molecular complexity index is 388. The van der Waals surface area contributed by atoms with E-state index < -0.39 is 0 Å². The number of aromatic nitrogens is 2. The molecule has 0 unspecified atom stereocenters. The molecule has 0 aromatic carbocycles. The fraction of sp³-hybridized carbons (Fsp3) is 0.692. The van der Waals surface area contributed by atoms with Gasteiger partial charge in [0, 0.05) is 32.3 Å². The lowest BCUT2D eigenvalue weighted by atomic mass is 10.3. The molecule has 0 fully saturated rings. The third-order valence-electron chi connectivity index (χ3n) is 2.51. The van der Waals surface area contributed by atoms with Crippen molar-refractivity contribution in [2.24, 2.45) is 0 Å². The summed E-state index contributed by atoms with van der Waals surface area (Å²) in [6, 6.07) is 0. The Hall–Kier alpha value is -0.910. The quantitative estimate of drug-likeness (QED) is 0.516. The number of methoxy groups -OCH3 is 1. The topological polar surface area (TPSA) is 53.5 Å². The van der Waals surface area contributed by atoms with Crippen LogP contribution < -0.4 is 4.74 Å². The Kier molecular flexibility index (Phi) is 7.70. The van der Waals surface area contributed by atoms with Gasteiger partial charge in [0.05, 0.1) is 6.61 Å². The zero-order valence-electron chi connectivity index (χ0n) is 11.7. The van der Waals surface area contributed by atoms with Crippen LogP contribution in [0.15, 0.2) is 0 Å². The van der Waals surface area contributed by atoms with Gasteiger partial charge in [-0.05, 0) is 13.3 Å². The molecule has 19 heavy (non-hydrogen) atoms. The van der Waals surface area contributed by atoms with Gasteiger partial charge in [-0.1, -0.05) is 18.5 Å². The molecule has 6 heteroatoms. The molecule has 1 heterocycles. The van der Waals surface area contributed by atoms with Crippen molar-refractivity contribution in [3.05, 3.63) is 16.5 Å². The second-order valence-electron chi connectivity index (χ2n) is 4.02. The van der Waals surface area contributed by atoms with Crippen LogP contribution in [-0.2, 0) is 15.9 Å². The SMILES string of the molecule is CCc1nc(Cl)c(C)c(OCCOCCCOC)n1. The molecule has 1 rings (SSSR count). The van der Waals surface area contributed by atoms with E-state index in [9.17, 15) is 0 Å². The Morgan fingerprint density at radius 1 is 1.11 bits per heavy atom. The maximum Gasteiger partial charge on any atom is 0.221 e. The minimum absolute atomic E-state index is 0.447. The van der Waals surface area contributed by atoms with Gasteiger partial charge in [0.25, 0.3) is 0 Å². The van der Waals surface area contributed by atoms with Crippen LogP contribution in [0, 0.1) is 6.92 Å². The molecule has 0 saturated heterocycles. The minimum atomic E-state index is 0.447. The summed E-state index contributed by atoms with van der Waals surface area (Å²) >= 11 is 6.02. The van der Waals surface area contributed by atoms with Crippen molar-refractivity contribution in [2.45, 2.75) is 26.7 Å². The van der Waals surface area contributed by atoms with Crippen LogP contribution in [0.4, 0.5) is 0 Å². The Morgan fingerprint density at radius 3 is 2.58 bits per heavy atom. The lowest BCUT2D eigenvalue weighted by molar-refractivity contribution is 0.0793. The highest BCUT2D eigenvalue weighted by Crippen LogP contribution is 2.21. The zero-order chi connectivity index (χ0) is 14.1. The summed E-state index contributed by atoms with van der Waals surface area (Å²) in [4.78, 5) is 8.46. The zero-order valence-corrected chi connectivity index (χ0v) is 12.5. The van der Waals surface area contributed by atoms with E-state index in [2.05, 4.69) is 9.97 Å². The van der Waals surface area contributed by atoms with Gasteiger partial charge in [-0.2, -0.15) is 4.98 Å². The second-order valence-corrected chi connectivity index (χ2v) is 4.38. The first kappa shape index (κ1) is 16.1. The summed E-state index contributed by atoms with van der Waals surface area (Å²) in [5.74, 6) is 1.23. The predicted molar refractivity (Wildman–Crippen MR) is 74.0 cm³/mol. The van der Waals surface area contributed by atoms with E-state index >= 15 is 0 Å². The highest BCUT2D eigenvalue weighted by atomic mass is 35.5. The van der Waals surface area contributed by atoms with E-state index in [0.29, 0.717) is 43.3 Å². The molecular weight excluding hydrogens is 268 g/mol. The van der Waals surface area contributed by atoms with Crippen molar-refractivity contribution in [1.82, 2.24) is 9.97 Å². The summed E-state index contributed by atoms with van der Waals surface area (Å²) in [7, 11) is 1.68. The van der Waals surface area contributed by atoms with Crippen LogP contribution in [0.2, 0.25) is 5.15 Å². The number of ether oxygens (including phenoxy) is 3. The van der Waals surface area contributed by atoms with Gasteiger partial charge in [0.2, 0.25) is 5.88 Å². The molecule has 0 aliphatic rings. The fourth-order valence-electron chi connectivity index (χ4n) is 1.41. The van der Waals surface area contributed by atoms with Crippen molar-refractivity contribution >= 4 is 11.6 Å². The normalized spacial score (nSPS) is 10.7. The third kappa shape index (κ3) is 5.72. The Balaban J connectivity index is 2.34. The maximum atomic E-state index is 6.02. The van der Waals surface area contributed by atoms with Gasteiger partial charge < -0.3 is 14.2 Å². The van der Waals surface area contributed by atoms with Gasteiger partial charge >= 0.3 is 0 Å². The summed E-state index contributed by atoms with van der Waals surface area (Å²) < 4.78 is 15.9. The predicted octanol–water partition coefficient (Wildman–Crippen LogP) is 2.43. The lowest BCUT2D eigenvalue weighted by Gasteiger charge is -2.10. The van der Waals surface area contributed by atoms with Crippen LogP contribution in [0.5, 0.6) is 5.88 Å². The molecule has 0 saturated carbocycles. The highest BCUT2D eigenvalue weighted by molar-refractivity contribution is 6.30. The lowest BCUT2D eigenvalue weighted by Crippen LogP contribution is -2.11. The number of hydrogen-bond donors (Lipinski definition) is 0. The molecule has 0 atom stereocenters. The van der Waals surface area contributed by atoms with Crippen molar-refractivity contribution in [1.29, 1.82) is 0 Å². The first-order chi connectivity index (χ1) is 9.19. The summed E-state index contributed by atoms with van der Waals surface area (Å²) in [6.07, 6.45) is 1.61. The van der Waals surface area contributed by atoms with E-state index in [1.165, 1.54) is 0 Å². The molecule has 0 radical (unpaired) electrons. The molecule has 0 amide bonds. The molecule has 108 valence electrons. The molecular formula is C13H21ClN2O3. The standard InChI is InChI=1S/C13H21ClN2O3/c1-4-11-15-12(14)10(2)13(16-11)19-9-8-18-7-5-6-17-3/h4-9H2,1-3H3. The average molecular weight is 289 g/mol. The monoisotopic (exact) mass is 288 g/mol. The van der Waals surface area contributed by atoms with Gasteiger partial charge in [0.15, 0.2) is 0 Å². The van der Waals surface area contributed by atoms with E-state index in [0.717, 1.165) is 18.4 Å². The van der Waals surface area contributed by atoms with Gasteiger partial charge in [-0.25, -0.2) is 4.98 Å². The van der Waals surface area contributed by atoms with E-state index in [1.54, 1.807) is 7.11 Å². The largest absolute Gasteiger partial charge is 0.475 e. The molecule has 0 N–H and O–H groups in total. The Labute approximate surface area is 119 Å². The first-order valence-electron chi connectivity index (χ1n) is 6.41. The number of nitrogens with zero attached hydrogens (tertiary/aromatic N) is 2. The van der Waals surface area contributed by atoms with E-state index in [-0.39, 0.29) is 0 Å². The average Bonchev–Trinajstić information content (AvgIpc) is 2.42. The second kappa shape index (κ2) is 9.07. The van der Waals surface area contributed by atoms with E-state index in [4.69, 9.17) is 25.8 Å². The molecule has 5 nitrogen and oxygen atoms in total. The van der Waals surface area contributed by atoms with Crippen molar-refractivity contribution in [3.63, 3.8) is 0 Å². The molecule has 0 aliphatic carbocycles. The fourth-order valence-corrected chi connectivity index (χ4v) is 1.59. The molecule has 1 aromatic heterocycles. The van der Waals surface area contributed by atoms with Crippen LogP contribution in [0.3, 0.4) is 0 Å². The van der Waals surface area contributed by atoms with Gasteiger partial charge in [-0.15, -0.1) is 0 Å². The summed E-state index contributed by atoms with van der Waals surface area (Å²) in [5, 5.41) is 0.447. The highest BCUT2D eigenvalue weighted by Gasteiger charge is 2.09. The third-order valence-corrected chi connectivity index (χ3v) is 2.88.